The summed E-state index contributed by atoms with van der Waals surface area (Å²) < 4.78 is 52.1. The molecule has 1 amide bonds. The molecule has 498 valence electrons. The van der Waals surface area contributed by atoms with Crippen molar-refractivity contribution in [3.63, 3.8) is 0 Å². The van der Waals surface area contributed by atoms with E-state index < -0.39 is 50.8 Å². The highest BCUT2D eigenvalue weighted by molar-refractivity contribution is 7.49. The summed E-state index contributed by atoms with van der Waals surface area (Å²) in [6.07, 6.45) is 52.2. The molecule has 1 aromatic heterocycles. The first-order chi connectivity index (χ1) is 42.1. The standard InChI is InChI=1S/C70H125ClN3O11P/c1-4-7-10-13-16-19-22-25-27-29-32-35-38-41-44-49-56-80-58-61(81-57-50-45-42-39-36-33-30-28-26-23-20-17-14-11-8-5-2)59-82-86(79,85-63-52-48-47-51-62(63)71)83-60-64-67(76)68(77)69(84-64)74-55-54-65(73-70(74)78)72-66(75)53-46-43-40-37-34-31-24-21-18-15-12-9-6-3/h47-48,51-52,54-55,61,64,67-69,76-77H,4-46,49-50,53,56-60H2,1-3H3,(H,72,73,75,78)/t61?,64-,67-,68+,69-,86?/m1/s1. The van der Waals surface area contributed by atoms with Crippen LogP contribution in [0.1, 0.15) is 322 Å². The maximum atomic E-state index is 14.7. The molecule has 0 saturated carbocycles. The average Bonchev–Trinajstić information content (AvgIpc) is 2.07. The number of unbranched alkanes of at least 4 members (excludes halogenated alkanes) is 42. The quantitative estimate of drug-likeness (QED) is 0.0423. The molecule has 2 heterocycles. The molecule has 86 heavy (non-hydrogen) atoms. The molecule has 0 radical (unpaired) electrons. The van der Waals surface area contributed by atoms with Crippen LogP contribution < -0.4 is 15.5 Å². The summed E-state index contributed by atoms with van der Waals surface area (Å²) in [5, 5.41) is 25.3. The number of rotatable bonds is 61. The Hall–Kier alpha value is -2.39. The lowest BCUT2D eigenvalue weighted by Gasteiger charge is -2.24. The van der Waals surface area contributed by atoms with Crippen molar-refractivity contribution in [2.24, 2.45) is 0 Å². The van der Waals surface area contributed by atoms with Crippen molar-refractivity contribution in [1.29, 1.82) is 0 Å². The summed E-state index contributed by atoms with van der Waals surface area (Å²) in [6, 6.07) is 7.96. The van der Waals surface area contributed by atoms with E-state index in [1.54, 1.807) is 24.3 Å². The van der Waals surface area contributed by atoms with Crippen LogP contribution >= 0.6 is 19.4 Å². The van der Waals surface area contributed by atoms with E-state index in [1.165, 1.54) is 250 Å². The molecule has 14 nitrogen and oxygen atoms in total. The van der Waals surface area contributed by atoms with Crippen molar-refractivity contribution in [1.82, 2.24) is 9.55 Å². The van der Waals surface area contributed by atoms with Gasteiger partial charge in [-0.15, -0.1) is 0 Å². The summed E-state index contributed by atoms with van der Waals surface area (Å²) in [5.74, 6) is -0.103. The van der Waals surface area contributed by atoms with E-state index in [0.29, 0.717) is 19.6 Å². The van der Waals surface area contributed by atoms with Gasteiger partial charge in [0.1, 0.15) is 36.0 Å². The zero-order valence-corrected chi connectivity index (χ0v) is 56.4. The Bertz CT molecular complexity index is 2020. The van der Waals surface area contributed by atoms with Gasteiger partial charge in [0.2, 0.25) is 5.91 Å². The molecule has 6 atom stereocenters. The van der Waals surface area contributed by atoms with Gasteiger partial charge in [-0.1, -0.05) is 314 Å². The SMILES string of the molecule is CCCCCCCCCCCCCCCCCCOCC(COP(=O)(OC[C@H]1O[C@@H](n2ccc(NC(=O)CCCCCCCCCCCCCCC)nc2=O)[C@@H](O)[C@@H]1O)Oc1ccccc1Cl)OCCCCCCCCCCCCCCCCCC. The molecule has 1 saturated heterocycles. The lowest BCUT2D eigenvalue weighted by Crippen LogP contribution is -2.36. The smallest absolute Gasteiger partial charge is 0.402 e. The van der Waals surface area contributed by atoms with Gasteiger partial charge in [0.15, 0.2) is 6.23 Å². The first-order valence-electron chi connectivity index (χ1n) is 35.5. The lowest BCUT2D eigenvalue weighted by molar-refractivity contribution is -0.116. The number of para-hydroxylation sites is 1. The summed E-state index contributed by atoms with van der Waals surface area (Å²) >= 11 is 6.48. The Morgan fingerprint density at radius 2 is 0.988 bits per heavy atom. The zero-order chi connectivity index (χ0) is 61.8. The Morgan fingerprint density at radius 3 is 1.43 bits per heavy atom. The van der Waals surface area contributed by atoms with Gasteiger partial charge >= 0.3 is 13.5 Å². The predicted octanol–water partition coefficient (Wildman–Crippen LogP) is 20.1. The topological polar surface area (TPSA) is 177 Å². The fourth-order valence-corrected chi connectivity index (χ4v) is 12.8. The van der Waals surface area contributed by atoms with E-state index in [4.69, 9.17) is 39.4 Å². The first kappa shape index (κ1) is 77.9. The van der Waals surface area contributed by atoms with Crippen LogP contribution in [-0.4, -0.2) is 83.1 Å². The minimum absolute atomic E-state index is 0.0582. The summed E-state index contributed by atoms with van der Waals surface area (Å²) in [6.45, 7) is 7.31. The van der Waals surface area contributed by atoms with Crippen LogP contribution in [0.25, 0.3) is 0 Å². The van der Waals surface area contributed by atoms with Gasteiger partial charge in [0, 0.05) is 25.8 Å². The number of nitrogens with zero attached hydrogens (tertiary/aromatic N) is 2. The minimum Gasteiger partial charge on any atom is -0.402 e. The first-order valence-corrected chi connectivity index (χ1v) is 37.4. The summed E-state index contributed by atoms with van der Waals surface area (Å²) in [4.78, 5) is 30.1. The molecule has 3 rings (SSSR count). The number of hydrogen-bond acceptors (Lipinski definition) is 12. The van der Waals surface area contributed by atoms with E-state index in [9.17, 15) is 24.4 Å². The molecule has 1 fully saturated rings. The fraction of sp³-hybridized carbons (Fsp3) is 0.843. The molecule has 3 N–H and O–H groups in total. The number of aromatic nitrogens is 2. The average molecular weight is 1250 g/mol. The van der Waals surface area contributed by atoms with Crippen LogP contribution in [0.4, 0.5) is 5.82 Å². The van der Waals surface area contributed by atoms with Gasteiger partial charge in [-0.05, 0) is 37.5 Å². The number of carbonyl (C=O) groups is 1. The lowest BCUT2D eigenvalue weighted by atomic mass is 10.0. The van der Waals surface area contributed by atoms with Gasteiger partial charge in [-0.2, -0.15) is 4.98 Å². The van der Waals surface area contributed by atoms with Crippen LogP contribution in [0.2, 0.25) is 5.02 Å². The van der Waals surface area contributed by atoms with Crippen molar-refractivity contribution in [2.45, 2.75) is 347 Å². The van der Waals surface area contributed by atoms with Crippen LogP contribution in [0.15, 0.2) is 41.3 Å². The summed E-state index contributed by atoms with van der Waals surface area (Å²) in [5.41, 5.74) is -0.805. The monoisotopic (exact) mass is 1250 g/mol. The molecule has 0 aliphatic carbocycles. The Morgan fingerprint density at radius 1 is 0.570 bits per heavy atom. The van der Waals surface area contributed by atoms with Crippen molar-refractivity contribution >= 4 is 31.1 Å². The highest BCUT2D eigenvalue weighted by atomic mass is 35.5. The summed E-state index contributed by atoms with van der Waals surface area (Å²) in [7, 11) is -4.54. The minimum atomic E-state index is -4.54. The molecule has 2 aromatic rings. The van der Waals surface area contributed by atoms with Gasteiger partial charge in [-0.3, -0.25) is 18.4 Å². The van der Waals surface area contributed by atoms with Crippen molar-refractivity contribution in [3.05, 3.63) is 52.0 Å². The number of anilines is 1. The van der Waals surface area contributed by atoms with Gasteiger partial charge in [-0.25, -0.2) is 9.36 Å². The molecular weight excluding hydrogens is 1130 g/mol. The van der Waals surface area contributed by atoms with E-state index in [-0.39, 0.29) is 35.7 Å². The number of carbonyl (C=O) groups excluding carboxylic acids is 1. The molecule has 1 aromatic carbocycles. The molecule has 2 unspecified atom stereocenters. The molecule has 1 aliphatic heterocycles. The third-order valence-corrected chi connectivity index (χ3v) is 18.5. The molecule has 0 bridgehead atoms. The second kappa shape index (κ2) is 53.3. The van der Waals surface area contributed by atoms with Crippen LogP contribution in [0.5, 0.6) is 5.75 Å². The number of nitrogens with one attached hydrogen (secondary N) is 1. The normalized spacial score (nSPS) is 17.1. The van der Waals surface area contributed by atoms with Crippen LogP contribution in [-0.2, 0) is 32.6 Å². The number of aliphatic hydroxyl groups is 2. The van der Waals surface area contributed by atoms with E-state index in [2.05, 4.69) is 31.1 Å². The molecule has 1 aliphatic rings. The van der Waals surface area contributed by atoms with E-state index >= 15 is 0 Å². The van der Waals surface area contributed by atoms with E-state index in [0.717, 1.165) is 55.9 Å². The number of halogens is 1. The van der Waals surface area contributed by atoms with Crippen molar-refractivity contribution in [3.8, 4) is 5.75 Å². The highest BCUT2D eigenvalue weighted by Crippen LogP contribution is 2.52. The maximum Gasteiger partial charge on any atom is 0.530 e. The number of hydrogen-bond donors (Lipinski definition) is 3. The molecule has 16 heteroatoms. The third kappa shape index (κ3) is 39.0. The zero-order valence-electron chi connectivity index (χ0n) is 54.7. The Kier molecular flexibility index (Phi) is 48.2. The number of benzene rings is 1. The second-order valence-corrected chi connectivity index (χ2v) is 26.8. The Balaban J connectivity index is 1.49. The number of ether oxygens (including phenoxy) is 3. The van der Waals surface area contributed by atoms with Gasteiger partial charge in [0.05, 0.1) is 24.8 Å². The van der Waals surface area contributed by atoms with Crippen molar-refractivity contribution < 1.29 is 47.4 Å². The third-order valence-electron chi connectivity index (χ3n) is 16.9. The van der Waals surface area contributed by atoms with E-state index in [1.807, 2.05) is 0 Å². The Labute approximate surface area is 528 Å². The fourth-order valence-electron chi connectivity index (χ4n) is 11.4. The largest absolute Gasteiger partial charge is 0.530 e. The number of amides is 1. The number of phosphoric acid groups is 1. The van der Waals surface area contributed by atoms with Gasteiger partial charge in [0.25, 0.3) is 0 Å². The molecular formula is C70H125ClN3O11P. The predicted molar refractivity (Wildman–Crippen MR) is 355 cm³/mol. The number of phosphoric ester groups is 1. The maximum absolute atomic E-state index is 14.7. The van der Waals surface area contributed by atoms with Crippen molar-refractivity contribution in [2.75, 3.05) is 38.4 Å². The van der Waals surface area contributed by atoms with Gasteiger partial charge < -0.3 is 34.3 Å². The highest BCUT2D eigenvalue weighted by Gasteiger charge is 2.46. The second-order valence-electron chi connectivity index (χ2n) is 24.8. The number of aliphatic hydroxyl groups excluding tert-OH is 2. The van der Waals surface area contributed by atoms with Crippen LogP contribution in [0.3, 0.4) is 0 Å². The van der Waals surface area contributed by atoms with Crippen LogP contribution in [0, 0.1) is 0 Å². The molecule has 0 spiro atoms.